The number of halogens is 1. The summed E-state index contributed by atoms with van der Waals surface area (Å²) in [6.07, 6.45) is 4.57. The Morgan fingerprint density at radius 3 is 2.84 bits per heavy atom. The van der Waals surface area contributed by atoms with Crippen molar-refractivity contribution in [2.45, 2.75) is 24.9 Å². The van der Waals surface area contributed by atoms with Crippen molar-refractivity contribution >= 4 is 23.3 Å². The molecule has 0 radical (unpaired) electrons. The lowest BCUT2D eigenvalue weighted by molar-refractivity contribution is -0.140. The topological polar surface area (TPSA) is 59.4 Å². The van der Waals surface area contributed by atoms with Gasteiger partial charge < -0.3 is 19.5 Å². The summed E-state index contributed by atoms with van der Waals surface area (Å²) in [5.41, 5.74) is 2.54. The predicted octanol–water partition coefficient (Wildman–Crippen LogP) is 3.94. The van der Waals surface area contributed by atoms with Gasteiger partial charge in [-0.15, -0.1) is 0 Å². The molecule has 6 nitrogen and oxygen atoms in total. The highest BCUT2D eigenvalue weighted by molar-refractivity contribution is 7.80. The van der Waals surface area contributed by atoms with E-state index < -0.39 is 0 Å². The minimum atomic E-state index is -0.298. The number of pyridine rings is 1. The van der Waals surface area contributed by atoms with E-state index in [1.54, 1.807) is 12.3 Å². The lowest BCUT2D eigenvalue weighted by Gasteiger charge is -2.29. The van der Waals surface area contributed by atoms with Crippen LogP contribution in [0.1, 0.15) is 36.3 Å². The van der Waals surface area contributed by atoms with Crippen LogP contribution in [0.3, 0.4) is 0 Å². The Hall–Kier alpha value is -3.26. The summed E-state index contributed by atoms with van der Waals surface area (Å²) >= 11 is 5.66. The average Bonchev–Trinajstić information content (AvgIpc) is 3.39. The fourth-order valence-corrected chi connectivity index (χ4v) is 4.29. The van der Waals surface area contributed by atoms with Crippen molar-refractivity contribution in [3.63, 3.8) is 0 Å². The summed E-state index contributed by atoms with van der Waals surface area (Å²) in [6, 6.07) is 15.8. The molecule has 1 aliphatic heterocycles. The van der Waals surface area contributed by atoms with Crippen molar-refractivity contribution < 1.29 is 13.9 Å². The molecule has 2 aromatic heterocycles. The molecule has 3 aromatic rings. The van der Waals surface area contributed by atoms with E-state index in [2.05, 4.69) is 15.2 Å². The summed E-state index contributed by atoms with van der Waals surface area (Å²) in [6.45, 7) is 0.573. The molecule has 0 bridgehead atoms. The number of thiocarbonyl (C=S) groups is 1. The highest BCUT2D eigenvalue weighted by Gasteiger charge is 2.41. The summed E-state index contributed by atoms with van der Waals surface area (Å²) in [5, 5.41) is 3.99. The number of methoxy groups -OCH3 is 1. The second kappa shape index (κ2) is 9.26. The Balaban J connectivity index is 1.72. The molecular weight excluding hydrogens is 415 g/mol. The second-order valence-corrected chi connectivity index (χ2v) is 7.67. The molecule has 1 N–H and O–H groups in total. The molecule has 0 spiro atoms. The van der Waals surface area contributed by atoms with Gasteiger partial charge in [0.05, 0.1) is 24.9 Å². The first-order valence-corrected chi connectivity index (χ1v) is 10.5. The van der Waals surface area contributed by atoms with Gasteiger partial charge in [-0.25, -0.2) is 4.39 Å². The van der Waals surface area contributed by atoms with Crippen molar-refractivity contribution in [3.05, 3.63) is 84.2 Å². The third-order valence-corrected chi connectivity index (χ3v) is 5.73. The smallest absolute Gasteiger partial charge is 0.305 e. The summed E-state index contributed by atoms with van der Waals surface area (Å²) in [7, 11) is 1.39. The van der Waals surface area contributed by atoms with Crippen LogP contribution in [0.4, 0.5) is 4.39 Å². The fraction of sp³-hybridized carbons (Fsp3) is 0.261. The molecule has 0 unspecified atom stereocenters. The van der Waals surface area contributed by atoms with E-state index in [4.69, 9.17) is 17.0 Å². The molecule has 2 atom stereocenters. The van der Waals surface area contributed by atoms with E-state index in [-0.39, 0.29) is 23.9 Å². The molecule has 0 aliphatic carbocycles. The molecule has 0 saturated carbocycles. The third-order valence-electron chi connectivity index (χ3n) is 5.38. The number of carbonyl (C=O) groups is 1. The fourth-order valence-electron chi connectivity index (χ4n) is 3.96. The first-order chi connectivity index (χ1) is 15.1. The highest BCUT2D eigenvalue weighted by atomic mass is 32.1. The van der Waals surface area contributed by atoms with E-state index in [9.17, 15) is 9.18 Å². The molecule has 1 aliphatic rings. The van der Waals surface area contributed by atoms with Gasteiger partial charge in [-0.2, -0.15) is 0 Å². The number of esters is 1. The van der Waals surface area contributed by atoms with Crippen molar-refractivity contribution in [2.24, 2.45) is 0 Å². The van der Waals surface area contributed by atoms with Crippen LogP contribution in [0.15, 0.2) is 67.0 Å². The monoisotopic (exact) mass is 438 g/mol. The number of nitrogens with one attached hydrogen (secondary N) is 1. The lowest BCUT2D eigenvalue weighted by Crippen LogP contribution is -2.31. The van der Waals surface area contributed by atoms with E-state index in [0.29, 0.717) is 24.5 Å². The van der Waals surface area contributed by atoms with Crippen molar-refractivity contribution in [3.8, 4) is 5.69 Å². The number of carbonyl (C=O) groups excluding carboxylic acids is 1. The molecule has 1 saturated heterocycles. The van der Waals surface area contributed by atoms with Crippen LogP contribution < -0.4 is 5.32 Å². The summed E-state index contributed by atoms with van der Waals surface area (Å²) in [5.74, 6) is -0.549. The quantitative estimate of drug-likeness (QED) is 0.446. The third kappa shape index (κ3) is 4.44. The first kappa shape index (κ1) is 21.0. The van der Waals surface area contributed by atoms with E-state index >= 15 is 0 Å². The predicted molar refractivity (Wildman–Crippen MR) is 119 cm³/mol. The minimum Gasteiger partial charge on any atom is -0.469 e. The maximum Gasteiger partial charge on any atom is 0.305 e. The zero-order valence-corrected chi connectivity index (χ0v) is 17.9. The van der Waals surface area contributed by atoms with Crippen LogP contribution in [0.2, 0.25) is 0 Å². The molecule has 1 aromatic carbocycles. The van der Waals surface area contributed by atoms with Crippen LogP contribution in [0.25, 0.3) is 5.69 Å². The number of rotatable bonds is 7. The number of nitrogens with zero attached hydrogens (tertiary/aromatic N) is 3. The maximum absolute atomic E-state index is 13.9. The number of hydrogen-bond acceptors (Lipinski definition) is 4. The number of aromatic nitrogens is 2. The highest BCUT2D eigenvalue weighted by Crippen LogP contribution is 2.39. The Morgan fingerprint density at radius 2 is 2.10 bits per heavy atom. The minimum absolute atomic E-state index is 0.182. The second-order valence-electron chi connectivity index (χ2n) is 7.28. The Kier molecular flexibility index (Phi) is 6.27. The van der Waals surface area contributed by atoms with Gasteiger partial charge in [0.2, 0.25) is 0 Å². The summed E-state index contributed by atoms with van der Waals surface area (Å²) < 4.78 is 20.6. The van der Waals surface area contributed by atoms with Crippen molar-refractivity contribution in [2.75, 3.05) is 13.7 Å². The zero-order chi connectivity index (χ0) is 21.8. The number of ether oxygens (including phenoxy) is 1. The van der Waals surface area contributed by atoms with E-state index in [1.165, 1.54) is 19.2 Å². The van der Waals surface area contributed by atoms with Crippen molar-refractivity contribution in [1.29, 1.82) is 0 Å². The largest absolute Gasteiger partial charge is 0.469 e. The molecule has 1 fully saturated rings. The van der Waals surface area contributed by atoms with E-state index in [1.807, 2.05) is 47.2 Å². The van der Waals surface area contributed by atoms with Crippen LogP contribution in [-0.2, 0) is 9.53 Å². The zero-order valence-electron chi connectivity index (χ0n) is 17.1. The SMILES string of the molecule is COC(=O)CCCN1C(=S)N[C@@H](c2ccccn2)[C@@H]1c1cccn1-c1cccc(F)c1. The molecule has 160 valence electrons. The van der Waals surface area contributed by atoms with Crippen LogP contribution in [-0.4, -0.2) is 39.2 Å². The molecule has 0 amide bonds. The standard InChI is InChI=1S/C23H23FN4O2S/c1-30-20(29)11-6-14-28-22(21(26-23(28)31)18-9-2-3-12-25-18)19-10-5-13-27(19)17-8-4-7-16(24)15-17/h2-5,7-10,12-13,15,21-22H,6,11,14H2,1H3,(H,26,31)/t21-,22-/m0/s1. The molecule has 31 heavy (non-hydrogen) atoms. The molecule has 3 heterocycles. The van der Waals surface area contributed by atoms with Crippen LogP contribution in [0, 0.1) is 5.82 Å². The molecule has 4 rings (SSSR count). The molecular formula is C23H23FN4O2S. The lowest BCUT2D eigenvalue weighted by atomic mass is 10.0. The van der Waals surface area contributed by atoms with Crippen LogP contribution in [0.5, 0.6) is 0 Å². The van der Waals surface area contributed by atoms with Gasteiger partial charge in [0.1, 0.15) is 5.82 Å². The normalized spacial score (nSPS) is 18.1. The van der Waals surface area contributed by atoms with Crippen molar-refractivity contribution in [1.82, 2.24) is 19.8 Å². The molecule has 8 heteroatoms. The van der Waals surface area contributed by atoms with Gasteiger partial charge in [0.25, 0.3) is 0 Å². The van der Waals surface area contributed by atoms with Gasteiger partial charge in [-0.1, -0.05) is 12.1 Å². The van der Waals surface area contributed by atoms with Gasteiger partial charge in [0, 0.05) is 36.7 Å². The first-order valence-electron chi connectivity index (χ1n) is 10.1. The average molecular weight is 439 g/mol. The number of hydrogen-bond donors (Lipinski definition) is 1. The Morgan fingerprint density at radius 1 is 1.23 bits per heavy atom. The van der Waals surface area contributed by atoms with Gasteiger partial charge in [0.15, 0.2) is 5.11 Å². The van der Waals surface area contributed by atoms with Gasteiger partial charge in [-0.05, 0) is 61.1 Å². The number of benzene rings is 1. The Labute approximate surface area is 185 Å². The Bertz CT molecular complexity index is 1070. The maximum atomic E-state index is 13.9. The van der Waals surface area contributed by atoms with Gasteiger partial charge in [-0.3, -0.25) is 9.78 Å². The summed E-state index contributed by atoms with van der Waals surface area (Å²) in [4.78, 5) is 18.2. The van der Waals surface area contributed by atoms with Crippen LogP contribution >= 0.6 is 12.2 Å². The van der Waals surface area contributed by atoms with Gasteiger partial charge >= 0.3 is 5.97 Å². The van der Waals surface area contributed by atoms with E-state index in [0.717, 1.165) is 17.1 Å².